The van der Waals surface area contributed by atoms with Crippen molar-refractivity contribution in [2.24, 2.45) is 0 Å². The van der Waals surface area contributed by atoms with Gasteiger partial charge in [-0.05, 0) is 51.9 Å². The molecule has 0 aliphatic heterocycles. The minimum atomic E-state index is -3.89. The fraction of sp³-hybridized carbons (Fsp3) is 0.222. The molecular weight excluding hydrogens is 602 g/mol. The van der Waals surface area contributed by atoms with Gasteiger partial charge in [0.25, 0.3) is 5.16 Å². The number of sulfone groups is 1. The van der Waals surface area contributed by atoms with E-state index in [1.165, 1.54) is 6.07 Å². The summed E-state index contributed by atoms with van der Waals surface area (Å²) in [5.41, 5.74) is 4.41. The van der Waals surface area contributed by atoms with E-state index in [1.807, 2.05) is 24.3 Å². The third-order valence-corrected chi connectivity index (χ3v) is 9.24. The summed E-state index contributed by atoms with van der Waals surface area (Å²) >= 11 is 0. The zero-order valence-electron chi connectivity index (χ0n) is 25.5. The van der Waals surface area contributed by atoms with Crippen LogP contribution in [0.4, 0.5) is 0 Å². The van der Waals surface area contributed by atoms with Gasteiger partial charge in [-0.3, -0.25) is 0 Å². The molecular formula is C36H35N3O6S. The summed E-state index contributed by atoms with van der Waals surface area (Å²) in [7, 11) is -3.89. The number of carboxylic acid groups (broad SMARTS) is 2. The van der Waals surface area contributed by atoms with Gasteiger partial charge in [-0.2, -0.15) is 0 Å². The maximum Gasteiger partial charge on any atom is 0.336 e. The predicted molar refractivity (Wildman–Crippen MR) is 176 cm³/mol. The third-order valence-electron chi connectivity index (χ3n) is 7.79. The van der Waals surface area contributed by atoms with Gasteiger partial charge >= 0.3 is 11.9 Å². The van der Waals surface area contributed by atoms with E-state index < -0.39 is 21.8 Å². The third kappa shape index (κ3) is 7.58. The summed E-state index contributed by atoms with van der Waals surface area (Å²) in [6, 6.07) is 27.8. The van der Waals surface area contributed by atoms with E-state index in [9.17, 15) is 28.2 Å². The number of carbonyl (C=O) groups is 2. The Morgan fingerprint density at radius 3 is 1.74 bits per heavy atom. The maximum absolute atomic E-state index is 13.5. The van der Waals surface area contributed by atoms with Crippen molar-refractivity contribution in [1.82, 2.24) is 14.8 Å². The first-order valence-corrected chi connectivity index (χ1v) is 16.8. The van der Waals surface area contributed by atoms with Crippen molar-refractivity contribution in [1.29, 1.82) is 0 Å². The summed E-state index contributed by atoms with van der Waals surface area (Å²) in [6.45, 7) is 2.44. The van der Waals surface area contributed by atoms with Gasteiger partial charge in [-0.15, -0.1) is 5.10 Å². The number of hydrogen-bond donors (Lipinski definition) is 2. The molecule has 4 aromatic carbocycles. The standard InChI is InChI=1S/C36H35N3O6S/c1-2-3-4-5-14-33-37-36(38-39(33)23-25-15-19-27(20-16-25)29-10-6-8-12-31(29)34(40)41)46(44,45)24-26-17-21-28(22-18-26)30-11-7-9-13-32(30)35(42)43/h6-13,15-22H,2-5,14,23-24H2,1H3,(H,40,41)(H,42,43). The minimum absolute atomic E-state index is 0.170. The summed E-state index contributed by atoms with van der Waals surface area (Å²) < 4.78 is 28.7. The molecule has 10 heteroatoms. The Labute approximate surface area is 268 Å². The molecule has 5 rings (SSSR count). The second-order valence-corrected chi connectivity index (χ2v) is 13.0. The van der Waals surface area contributed by atoms with Gasteiger partial charge < -0.3 is 10.2 Å². The van der Waals surface area contributed by atoms with E-state index in [0.717, 1.165) is 36.8 Å². The molecule has 0 spiro atoms. The molecule has 236 valence electrons. The Morgan fingerprint density at radius 1 is 0.696 bits per heavy atom. The average Bonchev–Trinajstić information content (AvgIpc) is 3.47. The minimum Gasteiger partial charge on any atom is -0.478 e. The van der Waals surface area contributed by atoms with Crippen molar-refractivity contribution >= 4 is 21.8 Å². The molecule has 0 saturated carbocycles. The fourth-order valence-corrected chi connectivity index (χ4v) is 6.60. The van der Waals surface area contributed by atoms with E-state index in [1.54, 1.807) is 71.4 Å². The molecule has 0 radical (unpaired) electrons. The summed E-state index contributed by atoms with van der Waals surface area (Å²) in [5, 5.41) is 23.3. The lowest BCUT2D eigenvalue weighted by Crippen LogP contribution is -2.09. The second kappa shape index (κ2) is 14.3. The van der Waals surface area contributed by atoms with Crippen LogP contribution in [0.3, 0.4) is 0 Å². The van der Waals surface area contributed by atoms with Crippen LogP contribution in [0.2, 0.25) is 0 Å². The topological polar surface area (TPSA) is 139 Å². The first-order chi connectivity index (χ1) is 22.2. The fourth-order valence-electron chi connectivity index (χ4n) is 5.37. The monoisotopic (exact) mass is 637 g/mol. The molecule has 0 aliphatic rings. The molecule has 0 fully saturated rings. The van der Waals surface area contributed by atoms with Gasteiger partial charge in [0.2, 0.25) is 9.84 Å². The largest absolute Gasteiger partial charge is 0.478 e. The quantitative estimate of drug-likeness (QED) is 0.122. The number of aromatic carboxylic acids is 2. The van der Waals surface area contributed by atoms with Crippen LogP contribution in [0.25, 0.3) is 22.3 Å². The van der Waals surface area contributed by atoms with Crippen LogP contribution in [0.5, 0.6) is 0 Å². The zero-order chi connectivity index (χ0) is 32.7. The smallest absolute Gasteiger partial charge is 0.336 e. The molecule has 5 aromatic rings. The summed E-state index contributed by atoms with van der Waals surface area (Å²) in [4.78, 5) is 27.8. The van der Waals surface area contributed by atoms with Crippen LogP contribution in [0.15, 0.2) is 102 Å². The van der Waals surface area contributed by atoms with Crippen molar-refractivity contribution in [3.8, 4) is 22.3 Å². The van der Waals surface area contributed by atoms with Gasteiger partial charge in [-0.1, -0.05) is 111 Å². The van der Waals surface area contributed by atoms with Crippen molar-refractivity contribution in [2.75, 3.05) is 0 Å². The first kappa shape index (κ1) is 32.3. The number of nitrogens with zero attached hydrogens (tertiary/aromatic N) is 3. The lowest BCUT2D eigenvalue weighted by atomic mass is 9.99. The van der Waals surface area contributed by atoms with Crippen molar-refractivity contribution < 1.29 is 28.2 Å². The lowest BCUT2D eigenvalue weighted by Gasteiger charge is -2.09. The Morgan fingerprint density at radius 2 is 1.22 bits per heavy atom. The SMILES string of the molecule is CCCCCCc1nc(S(=O)(=O)Cc2ccc(-c3ccccc3C(=O)O)cc2)nn1Cc1ccc(-c2ccccc2C(=O)O)cc1. The predicted octanol–water partition coefficient (Wildman–Crippen LogP) is 7.15. The molecule has 46 heavy (non-hydrogen) atoms. The second-order valence-electron chi connectivity index (χ2n) is 11.1. The van der Waals surface area contributed by atoms with E-state index in [2.05, 4.69) is 17.0 Å². The highest BCUT2D eigenvalue weighted by molar-refractivity contribution is 7.90. The summed E-state index contributed by atoms with van der Waals surface area (Å²) in [5.74, 6) is -1.74. The number of benzene rings is 4. The first-order valence-electron chi connectivity index (χ1n) is 15.2. The average molecular weight is 638 g/mol. The van der Waals surface area contributed by atoms with Crippen LogP contribution in [0, 0.1) is 0 Å². The zero-order valence-corrected chi connectivity index (χ0v) is 26.3. The molecule has 9 nitrogen and oxygen atoms in total. The van der Waals surface area contributed by atoms with E-state index in [0.29, 0.717) is 41.0 Å². The lowest BCUT2D eigenvalue weighted by molar-refractivity contribution is 0.0687. The number of rotatable bonds is 14. The van der Waals surface area contributed by atoms with Gasteiger partial charge in [0, 0.05) is 6.42 Å². The molecule has 0 amide bonds. The normalized spacial score (nSPS) is 11.4. The van der Waals surface area contributed by atoms with Crippen LogP contribution in [0.1, 0.15) is 70.3 Å². The van der Waals surface area contributed by atoms with E-state index >= 15 is 0 Å². The molecule has 0 unspecified atom stereocenters. The van der Waals surface area contributed by atoms with Crippen LogP contribution < -0.4 is 0 Å². The van der Waals surface area contributed by atoms with Crippen LogP contribution in [-0.4, -0.2) is 45.3 Å². The highest BCUT2D eigenvalue weighted by Gasteiger charge is 2.24. The Hall–Kier alpha value is -5.09. The highest BCUT2D eigenvalue weighted by Crippen LogP contribution is 2.27. The summed E-state index contributed by atoms with van der Waals surface area (Å²) in [6.07, 6.45) is 4.59. The number of carboxylic acids is 2. The van der Waals surface area contributed by atoms with Crippen molar-refractivity contribution in [2.45, 2.75) is 56.5 Å². The van der Waals surface area contributed by atoms with E-state index in [4.69, 9.17) is 0 Å². The maximum atomic E-state index is 13.5. The van der Waals surface area contributed by atoms with Gasteiger partial charge in [-0.25, -0.2) is 27.7 Å². The van der Waals surface area contributed by atoms with Crippen molar-refractivity contribution in [3.63, 3.8) is 0 Å². The Kier molecular flexibility index (Phi) is 10.1. The molecule has 2 N–H and O–H groups in total. The number of aryl methyl sites for hydroxylation is 1. The van der Waals surface area contributed by atoms with Crippen molar-refractivity contribution in [3.05, 3.63) is 125 Å². The van der Waals surface area contributed by atoms with Crippen LogP contribution >= 0.6 is 0 Å². The van der Waals surface area contributed by atoms with Gasteiger partial charge in [0.1, 0.15) is 5.82 Å². The molecule has 1 heterocycles. The molecule has 0 atom stereocenters. The number of aromatic nitrogens is 3. The van der Waals surface area contributed by atoms with Gasteiger partial charge in [0.05, 0.1) is 23.4 Å². The van der Waals surface area contributed by atoms with Gasteiger partial charge in [0.15, 0.2) is 0 Å². The molecule has 0 saturated heterocycles. The van der Waals surface area contributed by atoms with Crippen LogP contribution in [-0.2, 0) is 28.6 Å². The number of unbranched alkanes of at least 4 members (excludes halogenated alkanes) is 3. The van der Waals surface area contributed by atoms with E-state index in [-0.39, 0.29) is 22.0 Å². The molecule has 0 aliphatic carbocycles. The number of hydrogen-bond acceptors (Lipinski definition) is 6. The molecule has 0 bridgehead atoms. The Bertz CT molecular complexity index is 1950. The highest BCUT2D eigenvalue weighted by atomic mass is 32.2. The Balaban J connectivity index is 1.37. The molecule has 1 aromatic heterocycles.